The first-order valence-corrected chi connectivity index (χ1v) is 8.22. The van der Waals surface area contributed by atoms with Crippen molar-refractivity contribution < 1.29 is 14.6 Å². The van der Waals surface area contributed by atoms with Gasteiger partial charge in [-0.1, -0.05) is 27.2 Å². The molecule has 0 bridgehead atoms. The zero-order valence-corrected chi connectivity index (χ0v) is 13.4. The molecule has 0 amide bonds. The van der Waals surface area contributed by atoms with Gasteiger partial charge in [-0.25, -0.2) is 0 Å². The van der Waals surface area contributed by atoms with E-state index in [1.54, 1.807) is 0 Å². The summed E-state index contributed by atoms with van der Waals surface area (Å²) < 4.78 is 10.8. The molecule has 20 heavy (non-hydrogen) atoms. The molecule has 1 fully saturated rings. The van der Waals surface area contributed by atoms with E-state index in [2.05, 4.69) is 26.1 Å². The maximum atomic E-state index is 9.87. The van der Waals surface area contributed by atoms with Gasteiger partial charge in [0.2, 0.25) is 0 Å². The molecule has 2 N–H and O–H groups in total. The molecule has 4 heteroatoms. The third-order valence-corrected chi connectivity index (χ3v) is 4.41. The second kappa shape index (κ2) is 10.6. The fraction of sp³-hybridized carbons (Fsp3) is 1.00. The van der Waals surface area contributed by atoms with Crippen LogP contribution in [0, 0.1) is 11.8 Å². The van der Waals surface area contributed by atoms with Crippen molar-refractivity contribution in [2.45, 2.75) is 58.6 Å². The van der Waals surface area contributed by atoms with Crippen molar-refractivity contribution in [2.75, 3.05) is 33.0 Å². The van der Waals surface area contributed by atoms with Crippen LogP contribution in [-0.4, -0.2) is 50.2 Å². The van der Waals surface area contributed by atoms with Gasteiger partial charge in [-0.3, -0.25) is 0 Å². The molecular formula is C16H33NO3. The molecule has 1 rings (SSSR count). The number of hydrogen-bond donors (Lipinski definition) is 2. The first-order valence-electron chi connectivity index (χ1n) is 8.22. The lowest BCUT2D eigenvalue weighted by Crippen LogP contribution is -2.39. The fourth-order valence-corrected chi connectivity index (χ4v) is 2.68. The molecule has 0 aromatic rings. The highest BCUT2D eigenvalue weighted by molar-refractivity contribution is 4.85. The molecule has 0 aliphatic heterocycles. The van der Waals surface area contributed by atoms with Gasteiger partial charge in [-0.05, 0) is 31.1 Å². The van der Waals surface area contributed by atoms with Gasteiger partial charge < -0.3 is 19.9 Å². The van der Waals surface area contributed by atoms with E-state index in [0.717, 1.165) is 25.4 Å². The van der Waals surface area contributed by atoms with Gasteiger partial charge in [0.25, 0.3) is 0 Å². The maximum Gasteiger partial charge on any atom is 0.0897 e. The second-order valence-electron chi connectivity index (χ2n) is 6.12. The summed E-state index contributed by atoms with van der Waals surface area (Å²) in [6.45, 7) is 9.77. The highest BCUT2D eigenvalue weighted by atomic mass is 16.5. The van der Waals surface area contributed by atoms with Crippen molar-refractivity contribution in [1.82, 2.24) is 5.32 Å². The average molecular weight is 287 g/mol. The van der Waals surface area contributed by atoms with E-state index in [9.17, 15) is 5.11 Å². The summed E-state index contributed by atoms with van der Waals surface area (Å²) in [6, 6.07) is 0.553. The van der Waals surface area contributed by atoms with E-state index in [1.165, 1.54) is 12.8 Å². The van der Waals surface area contributed by atoms with E-state index in [4.69, 9.17) is 9.47 Å². The second-order valence-corrected chi connectivity index (χ2v) is 6.12. The van der Waals surface area contributed by atoms with Gasteiger partial charge in [-0.15, -0.1) is 0 Å². The van der Waals surface area contributed by atoms with E-state index in [0.29, 0.717) is 38.3 Å². The van der Waals surface area contributed by atoms with Crippen LogP contribution in [0.5, 0.6) is 0 Å². The number of nitrogens with one attached hydrogen (secondary N) is 1. The van der Waals surface area contributed by atoms with Crippen molar-refractivity contribution in [1.29, 1.82) is 0 Å². The number of aliphatic hydroxyl groups is 1. The minimum absolute atomic E-state index is 0.390. The average Bonchev–Trinajstić information content (AvgIpc) is 2.75. The van der Waals surface area contributed by atoms with Crippen LogP contribution in [0.2, 0.25) is 0 Å². The molecule has 1 aliphatic carbocycles. The Kier molecular flexibility index (Phi) is 9.44. The van der Waals surface area contributed by atoms with Gasteiger partial charge in [-0.2, -0.15) is 0 Å². The van der Waals surface area contributed by atoms with E-state index >= 15 is 0 Å². The smallest absolute Gasteiger partial charge is 0.0897 e. The Morgan fingerprint density at radius 3 is 2.55 bits per heavy atom. The van der Waals surface area contributed by atoms with Gasteiger partial charge >= 0.3 is 0 Å². The molecule has 4 unspecified atom stereocenters. The minimum atomic E-state index is -0.422. The summed E-state index contributed by atoms with van der Waals surface area (Å²) >= 11 is 0. The number of ether oxygens (including phenoxy) is 2. The molecule has 0 heterocycles. The van der Waals surface area contributed by atoms with Crippen molar-refractivity contribution >= 4 is 0 Å². The number of rotatable bonds is 11. The van der Waals surface area contributed by atoms with Crippen LogP contribution in [0.3, 0.4) is 0 Å². The Hall–Kier alpha value is -0.160. The van der Waals surface area contributed by atoms with Gasteiger partial charge in [0.05, 0.1) is 25.9 Å². The van der Waals surface area contributed by atoms with E-state index in [-0.39, 0.29) is 0 Å². The van der Waals surface area contributed by atoms with Crippen molar-refractivity contribution in [3.63, 3.8) is 0 Å². The van der Waals surface area contributed by atoms with Crippen LogP contribution in [0.15, 0.2) is 0 Å². The van der Waals surface area contributed by atoms with Crippen molar-refractivity contribution in [2.24, 2.45) is 11.8 Å². The maximum absolute atomic E-state index is 9.87. The third kappa shape index (κ3) is 7.02. The van der Waals surface area contributed by atoms with Gasteiger partial charge in [0.1, 0.15) is 0 Å². The Balaban J connectivity index is 1.94. The first-order chi connectivity index (χ1) is 9.65. The summed E-state index contributed by atoms with van der Waals surface area (Å²) in [5.74, 6) is 1.50. The minimum Gasteiger partial charge on any atom is -0.389 e. The van der Waals surface area contributed by atoms with Crippen LogP contribution in [0.4, 0.5) is 0 Å². The summed E-state index contributed by atoms with van der Waals surface area (Å²) in [6.07, 6.45) is 4.35. The number of aliphatic hydroxyl groups excluding tert-OH is 1. The van der Waals surface area contributed by atoms with Gasteiger partial charge in [0.15, 0.2) is 0 Å². The molecule has 0 radical (unpaired) electrons. The lowest BCUT2D eigenvalue weighted by atomic mass is 9.98. The van der Waals surface area contributed by atoms with Crippen LogP contribution >= 0.6 is 0 Å². The molecule has 4 nitrogen and oxygen atoms in total. The monoisotopic (exact) mass is 287 g/mol. The quantitative estimate of drug-likeness (QED) is 0.572. The van der Waals surface area contributed by atoms with Crippen molar-refractivity contribution in [3.8, 4) is 0 Å². The van der Waals surface area contributed by atoms with E-state index in [1.807, 2.05) is 0 Å². The van der Waals surface area contributed by atoms with E-state index < -0.39 is 6.10 Å². The molecule has 1 aliphatic rings. The first kappa shape index (κ1) is 17.9. The topological polar surface area (TPSA) is 50.7 Å². The highest BCUT2D eigenvalue weighted by Gasteiger charge is 2.29. The zero-order chi connectivity index (χ0) is 14.8. The number of hydrogen-bond acceptors (Lipinski definition) is 4. The van der Waals surface area contributed by atoms with Crippen LogP contribution < -0.4 is 5.32 Å². The normalized spacial score (nSPS) is 27.9. The zero-order valence-electron chi connectivity index (χ0n) is 13.4. The summed E-state index contributed by atoms with van der Waals surface area (Å²) in [5.41, 5.74) is 0. The molecule has 0 aromatic carbocycles. The predicted octanol–water partition coefficient (Wildman–Crippen LogP) is 2.20. The molecule has 0 saturated heterocycles. The van der Waals surface area contributed by atoms with Crippen molar-refractivity contribution in [3.05, 3.63) is 0 Å². The molecule has 0 aromatic heterocycles. The Morgan fingerprint density at radius 1 is 1.15 bits per heavy atom. The summed E-state index contributed by atoms with van der Waals surface area (Å²) in [4.78, 5) is 0. The summed E-state index contributed by atoms with van der Waals surface area (Å²) in [5, 5.41) is 13.3. The number of unbranched alkanes of at least 4 members (excludes halogenated alkanes) is 1. The van der Waals surface area contributed by atoms with Crippen LogP contribution in [-0.2, 0) is 9.47 Å². The molecular weight excluding hydrogens is 254 g/mol. The van der Waals surface area contributed by atoms with Gasteiger partial charge in [0, 0.05) is 19.2 Å². The predicted molar refractivity (Wildman–Crippen MR) is 81.9 cm³/mol. The Bertz CT molecular complexity index is 238. The lowest BCUT2D eigenvalue weighted by Gasteiger charge is -2.21. The Morgan fingerprint density at radius 2 is 1.90 bits per heavy atom. The summed E-state index contributed by atoms with van der Waals surface area (Å²) in [7, 11) is 0. The lowest BCUT2D eigenvalue weighted by molar-refractivity contribution is 0.00287. The standard InChI is InChI=1S/C16H33NO3/c1-4-5-8-19-9-10-20-12-15(18)11-17-16-7-6-13(2)14(16)3/h13-18H,4-12H2,1-3H3. The Labute approximate surface area is 124 Å². The van der Waals surface area contributed by atoms with Crippen LogP contribution in [0.1, 0.15) is 46.5 Å². The molecule has 0 spiro atoms. The highest BCUT2D eigenvalue weighted by Crippen LogP contribution is 2.30. The SMILES string of the molecule is CCCCOCCOCC(O)CNC1CCC(C)C1C. The molecule has 1 saturated carbocycles. The fourth-order valence-electron chi connectivity index (χ4n) is 2.68. The molecule has 4 atom stereocenters. The third-order valence-electron chi connectivity index (χ3n) is 4.41. The largest absolute Gasteiger partial charge is 0.389 e. The van der Waals surface area contributed by atoms with Crippen LogP contribution in [0.25, 0.3) is 0 Å². The molecule has 120 valence electrons.